The van der Waals surface area contributed by atoms with Gasteiger partial charge in [-0.3, -0.25) is 0 Å². The zero-order valence-corrected chi connectivity index (χ0v) is 8.55. The van der Waals surface area contributed by atoms with E-state index in [1.54, 1.807) is 6.07 Å². The maximum absolute atomic E-state index is 12.5. The first-order valence-electron chi connectivity index (χ1n) is 3.67. The van der Waals surface area contributed by atoms with Crippen molar-refractivity contribution in [1.82, 2.24) is 4.98 Å². The zero-order valence-electron chi connectivity index (χ0n) is 6.97. The van der Waals surface area contributed by atoms with Crippen LogP contribution < -0.4 is 5.73 Å². The van der Waals surface area contributed by atoms with Gasteiger partial charge < -0.3 is 5.73 Å². The molecule has 0 saturated heterocycles. The average Bonchev–Trinajstić information content (AvgIpc) is 2.15. The summed E-state index contributed by atoms with van der Waals surface area (Å²) in [6.45, 7) is -0.0462. The second-order valence-electron chi connectivity index (χ2n) is 2.49. The summed E-state index contributed by atoms with van der Waals surface area (Å²) in [5.41, 5.74) is 5.35. The van der Waals surface area contributed by atoms with Crippen molar-refractivity contribution in [2.24, 2.45) is 5.73 Å². The molecule has 6 heteroatoms. The fraction of sp³-hybridized carbons (Fsp3) is 0.250. The van der Waals surface area contributed by atoms with Gasteiger partial charge in [0, 0.05) is 6.54 Å². The molecule has 1 aromatic heterocycles. The first-order chi connectivity index (χ1) is 6.60. The Kier molecular flexibility index (Phi) is 3.49. The van der Waals surface area contributed by atoms with Gasteiger partial charge in [0.2, 0.25) is 0 Å². The van der Waals surface area contributed by atoms with E-state index in [1.165, 1.54) is 6.07 Å². The van der Waals surface area contributed by atoms with E-state index in [2.05, 4.69) is 20.9 Å². The van der Waals surface area contributed by atoms with E-state index in [1.807, 2.05) is 0 Å². The lowest BCUT2D eigenvalue weighted by molar-refractivity contribution is 0.149. The first-order valence-corrected chi connectivity index (χ1v) is 4.47. The Balaban J connectivity index is 3.36. The normalized spacial score (nSPS) is 10.3. The highest BCUT2D eigenvalue weighted by Crippen LogP contribution is 2.29. The minimum Gasteiger partial charge on any atom is -0.326 e. The quantitative estimate of drug-likeness (QED) is 0.830. The number of nitrogens with zero attached hydrogens (tertiary/aromatic N) is 2. The van der Waals surface area contributed by atoms with Crippen LogP contribution in [0.25, 0.3) is 0 Å². The van der Waals surface area contributed by atoms with Crippen LogP contribution >= 0.6 is 15.9 Å². The van der Waals surface area contributed by atoms with E-state index in [0.29, 0.717) is 0 Å². The summed E-state index contributed by atoms with van der Waals surface area (Å²) in [4.78, 5) is 3.64. The van der Waals surface area contributed by atoms with Crippen molar-refractivity contribution in [3.05, 3.63) is 27.5 Å². The van der Waals surface area contributed by atoms with Gasteiger partial charge in [0.25, 0.3) is 6.43 Å². The van der Waals surface area contributed by atoms with Crippen molar-refractivity contribution >= 4 is 15.9 Å². The number of alkyl halides is 2. The van der Waals surface area contributed by atoms with Gasteiger partial charge in [-0.1, -0.05) is 0 Å². The number of pyridine rings is 1. The molecule has 0 aliphatic carbocycles. The molecule has 0 bridgehead atoms. The molecule has 2 N–H and O–H groups in total. The van der Waals surface area contributed by atoms with E-state index in [4.69, 9.17) is 11.0 Å². The third-order valence-corrected chi connectivity index (χ3v) is 2.25. The maximum Gasteiger partial charge on any atom is 0.266 e. The third kappa shape index (κ3) is 2.05. The lowest BCUT2D eigenvalue weighted by Crippen LogP contribution is -2.05. The topological polar surface area (TPSA) is 62.7 Å². The Bertz CT molecular complexity index is 387. The average molecular weight is 262 g/mol. The molecule has 1 aromatic rings. The number of aromatic nitrogens is 1. The van der Waals surface area contributed by atoms with Gasteiger partial charge in [0.15, 0.2) is 0 Å². The van der Waals surface area contributed by atoms with Crippen LogP contribution in [0.2, 0.25) is 0 Å². The predicted molar refractivity (Wildman–Crippen MR) is 49.5 cm³/mol. The Morgan fingerprint density at radius 1 is 1.64 bits per heavy atom. The number of hydrogen-bond donors (Lipinski definition) is 1. The molecule has 1 rings (SSSR count). The molecule has 0 spiro atoms. The standard InChI is InChI=1S/C8H6BrF2N3/c9-7-6(8(10)11)4(2-12)1-5(3-13)14-7/h1,8H,2,12H2. The highest BCUT2D eigenvalue weighted by Gasteiger charge is 2.18. The predicted octanol–water partition coefficient (Wildman–Crippen LogP) is 2.11. The van der Waals surface area contributed by atoms with Crippen LogP contribution in [0.1, 0.15) is 23.2 Å². The summed E-state index contributed by atoms with van der Waals surface area (Å²) in [5, 5.41) is 8.55. The van der Waals surface area contributed by atoms with Gasteiger partial charge in [0.1, 0.15) is 16.4 Å². The minimum absolute atomic E-state index is 0.0213. The molecular weight excluding hydrogens is 256 g/mol. The molecule has 0 amide bonds. The smallest absolute Gasteiger partial charge is 0.266 e. The van der Waals surface area contributed by atoms with Crippen molar-refractivity contribution in [2.45, 2.75) is 13.0 Å². The third-order valence-electron chi connectivity index (χ3n) is 1.65. The monoisotopic (exact) mass is 261 g/mol. The largest absolute Gasteiger partial charge is 0.326 e. The van der Waals surface area contributed by atoms with E-state index < -0.39 is 6.43 Å². The Morgan fingerprint density at radius 2 is 2.29 bits per heavy atom. The Hall–Kier alpha value is -1.06. The summed E-state index contributed by atoms with van der Waals surface area (Å²) in [6, 6.07) is 3.04. The summed E-state index contributed by atoms with van der Waals surface area (Å²) in [5.74, 6) is 0. The molecule has 0 aliphatic rings. The van der Waals surface area contributed by atoms with Crippen LogP contribution in [0, 0.1) is 11.3 Å². The number of nitrogens with two attached hydrogens (primary N) is 1. The lowest BCUT2D eigenvalue weighted by Gasteiger charge is -2.08. The van der Waals surface area contributed by atoms with Gasteiger partial charge in [-0.15, -0.1) is 0 Å². The Labute approximate surface area is 87.7 Å². The van der Waals surface area contributed by atoms with Crippen LogP contribution in [-0.4, -0.2) is 4.98 Å². The van der Waals surface area contributed by atoms with Gasteiger partial charge >= 0.3 is 0 Å². The van der Waals surface area contributed by atoms with E-state index in [9.17, 15) is 8.78 Å². The Morgan fingerprint density at radius 3 is 2.71 bits per heavy atom. The zero-order chi connectivity index (χ0) is 10.7. The van der Waals surface area contributed by atoms with Crippen molar-refractivity contribution in [2.75, 3.05) is 0 Å². The molecular formula is C8H6BrF2N3. The van der Waals surface area contributed by atoms with Gasteiger partial charge in [-0.05, 0) is 27.6 Å². The van der Waals surface area contributed by atoms with E-state index in [-0.39, 0.29) is 28.0 Å². The van der Waals surface area contributed by atoms with Gasteiger partial charge in [-0.25, -0.2) is 13.8 Å². The summed E-state index contributed by atoms with van der Waals surface area (Å²) in [6.07, 6.45) is -2.65. The molecule has 74 valence electrons. The highest BCUT2D eigenvalue weighted by atomic mass is 79.9. The fourth-order valence-corrected chi connectivity index (χ4v) is 1.65. The molecule has 0 aromatic carbocycles. The number of halogens is 3. The maximum atomic E-state index is 12.5. The lowest BCUT2D eigenvalue weighted by atomic mass is 10.1. The number of hydrogen-bond acceptors (Lipinski definition) is 3. The van der Waals surface area contributed by atoms with Gasteiger partial charge in [0.05, 0.1) is 5.56 Å². The van der Waals surface area contributed by atoms with E-state index >= 15 is 0 Å². The number of nitriles is 1. The summed E-state index contributed by atoms with van der Waals surface area (Å²) < 4.78 is 25.0. The van der Waals surface area contributed by atoms with Gasteiger partial charge in [-0.2, -0.15) is 5.26 Å². The van der Waals surface area contributed by atoms with Crippen LogP contribution in [0.4, 0.5) is 8.78 Å². The molecule has 0 aliphatic heterocycles. The second-order valence-corrected chi connectivity index (χ2v) is 3.24. The fourth-order valence-electron chi connectivity index (χ4n) is 1.03. The van der Waals surface area contributed by atoms with Crippen molar-refractivity contribution in [1.29, 1.82) is 5.26 Å². The van der Waals surface area contributed by atoms with Crippen molar-refractivity contribution in [3.8, 4) is 6.07 Å². The molecule has 0 radical (unpaired) electrons. The van der Waals surface area contributed by atoms with Crippen LogP contribution in [0.5, 0.6) is 0 Å². The molecule has 1 heterocycles. The summed E-state index contributed by atoms with van der Waals surface area (Å²) in [7, 11) is 0. The minimum atomic E-state index is -2.65. The molecule has 14 heavy (non-hydrogen) atoms. The first kappa shape index (κ1) is 11.0. The molecule has 0 fully saturated rings. The SMILES string of the molecule is N#Cc1cc(CN)c(C(F)F)c(Br)n1. The second kappa shape index (κ2) is 4.44. The van der Waals surface area contributed by atoms with Crippen molar-refractivity contribution in [3.63, 3.8) is 0 Å². The summed E-state index contributed by atoms with van der Waals surface area (Å²) >= 11 is 2.88. The highest BCUT2D eigenvalue weighted by molar-refractivity contribution is 9.10. The van der Waals surface area contributed by atoms with Crippen LogP contribution in [0.3, 0.4) is 0 Å². The van der Waals surface area contributed by atoms with E-state index in [0.717, 1.165) is 0 Å². The molecule has 0 atom stereocenters. The molecule has 3 nitrogen and oxygen atoms in total. The molecule has 0 unspecified atom stereocenters. The van der Waals surface area contributed by atoms with Crippen LogP contribution in [0.15, 0.2) is 10.7 Å². The van der Waals surface area contributed by atoms with Crippen molar-refractivity contribution < 1.29 is 8.78 Å². The van der Waals surface area contributed by atoms with Crippen LogP contribution in [-0.2, 0) is 6.54 Å². The molecule has 0 saturated carbocycles. The number of rotatable bonds is 2.